The summed E-state index contributed by atoms with van der Waals surface area (Å²) in [4.78, 5) is 11.8. The molecule has 0 spiro atoms. The fraction of sp³-hybridized carbons (Fsp3) is 0.667. The summed E-state index contributed by atoms with van der Waals surface area (Å²) in [5, 5.41) is 3.14. The molecule has 1 N–H and O–H groups in total. The van der Waals surface area contributed by atoms with Gasteiger partial charge in [-0.2, -0.15) is 0 Å². The Kier molecular flexibility index (Phi) is 8.12. The first kappa shape index (κ1) is 19.8. The Bertz CT molecular complexity index is 519. The van der Waals surface area contributed by atoms with E-state index in [0.717, 1.165) is 12.1 Å². The van der Waals surface area contributed by atoms with Crippen molar-refractivity contribution >= 4 is 33.6 Å². The first-order valence-electron chi connectivity index (χ1n) is 10.1. The number of carbonyl (C=O) groups is 1. The molecule has 0 atom stereocenters. The summed E-state index contributed by atoms with van der Waals surface area (Å²) < 4.78 is 6.23. The molecule has 2 nitrogen and oxygen atoms in total. The summed E-state index contributed by atoms with van der Waals surface area (Å²) >= 11 is -2.40. The molecule has 0 saturated carbocycles. The number of hydrogen-bond donors (Lipinski definition) is 1. The summed E-state index contributed by atoms with van der Waals surface area (Å²) in [5.74, 6) is 0.191. The van der Waals surface area contributed by atoms with Gasteiger partial charge in [0, 0.05) is 0 Å². The van der Waals surface area contributed by atoms with Gasteiger partial charge in [-0.05, 0) is 0 Å². The molecule has 3 heteroatoms. The van der Waals surface area contributed by atoms with Gasteiger partial charge in [-0.15, -0.1) is 0 Å². The Balaban J connectivity index is 2.44. The number of nitrogens with one attached hydrogen (secondary N) is 1. The zero-order valence-corrected chi connectivity index (χ0v) is 18.8. The number of amides is 1. The van der Waals surface area contributed by atoms with Crippen LogP contribution in [0.3, 0.4) is 0 Å². The Morgan fingerprint density at radius 1 is 0.917 bits per heavy atom. The average molecular weight is 436 g/mol. The Hall–Kier alpha value is -0.511. The van der Waals surface area contributed by atoms with Gasteiger partial charge in [-0.25, -0.2) is 0 Å². The number of fused-ring (bicyclic) bond motifs is 1. The van der Waals surface area contributed by atoms with Gasteiger partial charge in [0.15, 0.2) is 0 Å². The fourth-order valence-electron chi connectivity index (χ4n) is 4.25. The van der Waals surface area contributed by atoms with Gasteiger partial charge in [-0.1, -0.05) is 0 Å². The van der Waals surface area contributed by atoms with Crippen LogP contribution in [0, 0.1) is 0 Å². The van der Waals surface area contributed by atoms with Crippen LogP contribution in [0.4, 0.5) is 5.69 Å². The van der Waals surface area contributed by atoms with Gasteiger partial charge in [0.25, 0.3) is 0 Å². The zero-order valence-electron chi connectivity index (χ0n) is 15.9. The Labute approximate surface area is 152 Å². The molecular formula is C21H35NOSn. The summed E-state index contributed by atoms with van der Waals surface area (Å²) in [6.45, 7) is 6.99. The third-order valence-electron chi connectivity index (χ3n) is 5.65. The van der Waals surface area contributed by atoms with Crippen molar-refractivity contribution in [3.05, 3.63) is 23.8 Å². The number of benzene rings is 1. The van der Waals surface area contributed by atoms with Crippen molar-refractivity contribution in [2.24, 2.45) is 0 Å². The number of anilines is 1. The molecule has 0 radical (unpaired) electrons. The van der Waals surface area contributed by atoms with Crippen molar-refractivity contribution in [3.63, 3.8) is 0 Å². The van der Waals surface area contributed by atoms with Crippen molar-refractivity contribution in [1.29, 1.82) is 0 Å². The van der Waals surface area contributed by atoms with Crippen LogP contribution in [0.15, 0.2) is 18.2 Å². The van der Waals surface area contributed by atoms with Gasteiger partial charge in [0.2, 0.25) is 0 Å². The van der Waals surface area contributed by atoms with E-state index in [-0.39, 0.29) is 5.91 Å². The van der Waals surface area contributed by atoms with E-state index in [1.54, 1.807) is 3.58 Å². The van der Waals surface area contributed by atoms with E-state index in [1.807, 2.05) is 0 Å². The molecule has 1 amide bonds. The van der Waals surface area contributed by atoms with Crippen molar-refractivity contribution in [2.45, 2.75) is 85.4 Å². The van der Waals surface area contributed by atoms with Crippen LogP contribution in [0.2, 0.25) is 13.3 Å². The van der Waals surface area contributed by atoms with E-state index < -0.39 is 18.4 Å². The molecule has 0 saturated heterocycles. The normalized spacial score (nSPS) is 14.4. The molecule has 1 aromatic rings. The van der Waals surface area contributed by atoms with Gasteiger partial charge in [0.1, 0.15) is 0 Å². The van der Waals surface area contributed by atoms with Crippen LogP contribution in [-0.2, 0) is 11.2 Å². The first-order valence-corrected chi connectivity index (χ1v) is 17.6. The van der Waals surface area contributed by atoms with Crippen LogP contribution in [0.5, 0.6) is 0 Å². The van der Waals surface area contributed by atoms with Crippen LogP contribution < -0.4 is 8.90 Å². The summed E-state index contributed by atoms with van der Waals surface area (Å²) in [6, 6.07) is 6.77. The number of rotatable bonds is 10. The summed E-state index contributed by atoms with van der Waals surface area (Å²) in [5.41, 5.74) is 2.63. The molecule has 2 rings (SSSR count). The maximum atomic E-state index is 11.8. The molecular weight excluding hydrogens is 401 g/mol. The number of carbonyl (C=O) groups excluding carboxylic acids is 1. The standard InChI is InChI=1S/C9H8NO.3C4H9.Sn/c11-9-6-5-7-3-1-2-4-8(7)10-9;3*1-3-4-2;/h1-2,4H,5-6H2,(H,10,11);3*1,3-4H2,2H3;. The van der Waals surface area contributed by atoms with Crippen molar-refractivity contribution in [3.8, 4) is 0 Å². The second-order valence-corrected chi connectivity index (χ2v) is 20.6. The Morgan fingerprint density at radius 3 is 2.04 bits per heavy atom. The molecule has 1 heterocycles. The van der Waals surface area contributed by atoms with Crippen molar-refractivity contribution in [1.82, 2.24) is 0 Å². The molecule has 24 heavy (non-hydrogen) atoms. The van der Waals surface area contributed by atoms with Crippen molar-refractivity contribution < 1.29 is 4.79 Å². The molecule has 0 bridgehead atoms. The predicted octanol–water partition coefficient (Wildman–Crippen LogP) is 5.63. The SMILES string of the molecule is CCC[CH2][Sn]([CH2]CCC)([CH2]CCC)[c]1cccc2c1CCC(=O)N2. The molecule has 0 unspecified atom stereocenters. The van der Waals surface area contributed by atoms with Crippen LogP contribution in [-0.4, -0.2) is 24.3 Å². The number of unbranched alkanes of at least 4 members (excludes halogenated alkanes) is 3. The monoisotopic (exact) mass is 437 g/mol. The van der Waals surface area contributed by atoms with E-state index >= 15 is 0 Å². The van der Waals surface area contributed by atoms with Gasteiger partial charge in [-0.3, -0.25) is 0 Å². The zero-order chi connectivity index (χ0) is 17.4. The minimum atomic E-state index is -2.40. The second-order valence-electron chi connectivity index (χ2n) is 7.47. The maximum absolute atomic E-state index is 11.8. The van der Waals surface area contributed by atoms with Crippen LogP contribution >= 0.6 is 0 Å². The molecule has 1 aliphatic heterocycles. The summed E-state index contributed by atoms with van der Waals surface area (Å²) in [7, 11) is 0. The quantitative estimate of drug-likeness (QED) is 0.474. The molecule has 1 aromatic carbocycles. The second kappa shape index (κ2) is 9.84. The van der Waals surface area contributed by atoms with Crippen LogP contribution in [0.1, 0.15) is 71.3 Å². The minimum absolute atomic E-state index is 0.191. The molecule has 0 aromatic heterocycles. The predicted molar refractivity (Wildman–Crippen MR) is 108 cm³/mol. The third kappa shape index (κ3) is 4.77. The van der Waals surface area contributed by atoms with Gasteiger partial charge >= 0.3 is 153 Å². The Morgan fingerprint density at radius 2 is 1.50 bits per heavy atom. The molecule has 0 aliphatic carbocycles. The van der Waals surface area contributed by atoms with Gasteiger partial charge in [0.05, 0.1) is 0 Å². The first-order chi connectivity index (χ1) is 11.7. The van der Waals surface area contributed by atoms with E-state index in [2.05, 4.69) is 44.3 Å². The summed E-state index contributed by atoms with van der Waals surface area (Å²) in [6.07, 6.45) is 9.72. The topological polar surface area (TPSA) is 29.1 Å². The molecule has 134 valence electrons. The van der Waals surface area contributed by atoms with E-state index in [0.29, 0.717) is 6.42 Å². The molecule has 1 aliphatic rings. The van der Waals surface area contributed by atoms with E-state index in [1.165, 1.54) is 57.4 Å². The average Bonchev–Trinajstić information content (AvgIpc) is 2.61. The van der Waals surface area contributed by atoms with Crippen LogP contribution in [0.25, 0.3) is 0 Å². The van der Waals surface area contributed by atoms with Gasteiger partial charge < -0.3 is 0 Å². The number of hydrogen-bond acceptors (Lipinski definition) is 1. The van der Waals surface area contributed by atoms with Crippen molar-refractivity contribution in [2.75, 3.05) is 5.32 Å². The van der Waals surface area contributed by atoms with E-state index in [9.17, 15) is 4.79 Å². The third-order valence-corrected chi connectivity index (χ3v) is 21.5. The van der Waals surface area contributed by atoms with E-state index in [4.69, 9.17) is 0 Å². The fourth-order valence-corrected chi connectivity index (χ4v) is 21.4. The molecule has 0 fully saturated rings.